The van der Waals surface area contributed by atoms with Crippen LogP contribution in [0.25, 0.3) is 0 Å². The fraction of sp³-hybridized carbons (Fsp3) is 1.00. The molecule has 0 amide bonds. The van der Waals surface area contributed by atoms with Crippen LogP contribution >= 0.6 is 0 Å². The van der Waals surface area contributed by atoms with E-state index in [1.807, 2.05) is 0 Å². The van der Waals surface area contributed by atoms with Gasteiger partial charge in [0.25, 0.3) is 0 Å². The number of aliphatic hydroxyl groups is 1. The van der Waals surface area contributed by atoms with Crippen molar-refractivity contribution < 1.29 is 13.5 Å². The van der Waals surface area contributed by atoms with Gasteiger partial charge < -0.3 is 5.11 Å². The highest BCUT2D eigenvalue weighted by molar-refractivity contribution is 7.89. The van der Waals surface area contributed by atoms with Crippen LogP contribution in [0.15, 0.2) is 0 Å². The fourth-order valence-corrected chi connectivity index (χ4v) is 5.58. The van der Waals surface area contributed by atoms with Crippen molar-refractivity contribution in [2.75, 3.05) is 12.4 Å². The van der Waals surface area contributed by atoms with Gasteiger partial charge in [-0.05, 0) is 55.8 Å². The Kier molecular flexibility index (Phi) is 2.96. The van der Waals surface area contributed by atoms with Crippen LogP contribution in [0.5, 0.6) is 0 Å². The van der Waals surface area contributed by atoms with E-state index in [4.69, 9.17) is 5.11 Å². The van der Waals surface area contributed by atoms with E-state index < -0.39 is 10.0 Å². The number of sulfonamides is 1. The molecule has 3 fully saturated rings. The van der Waals surface area contributed by atoms with E-state index in [-0.39, 0.29) is 18.4 Å². The van der Waals surface area contributed by atoms with Crippen LogP contribution in [-0.4, -0.2) is 31.9 Å². The summed E-state index contributed by atoms with van der Waals surface area (Å²) in [5, 5.41) is 8.65. The van der Waals surface area contributed by atoms with Crippen molar-refractivity contribution in [1.82, 2.24) is 4.72 Å². The minimum absolute atomic E-state index is 0.0777. The second-order valence-electron chi connectivity index (χ2n) is 5.88. The minimum Gasteiger partial charge on any atom is -0.396 e. The standard InChI is InChI=1S/C12H21NO3S/c14-5-1-2-6-17(15,16)13-12-10-8-3-4-9(7-8)11(10)12/h8-14H,1-7H2. The maximum Gasteiger partial charge on any atom is 0.211 e. The van der Waals surface area contributed by atoms with E-state index in [9.17, 15) is 8.42 Å². The van der Waals surface area contributed by atoms with Gasteiger partial charge >= 0.3 is 0 Å². The van der Waals surface area contributed by atoms with Crippen LogP contribution in [0, 0.1) is 23.7 Å². The number of aliphatic hydroxyl groups excluding tert-OH is 1. The van der Waals surface area contributed by atoms with Crippen LogP contribution in [0.4, 0.5) is 0 Å². The zero-order valence-corrected chi connectivity index (χ0v) is 10.8. The van der Waals surface area contributed by atoms with E-state index in [0.29, 0.717) is 24.7 Å². The van der Waals surface area contributed by atoms with E-state index in [1.165, 1.54) is 19.3 Å². The van der Waals surface area contributed by atoms with Gasteiger partial charge in [-0.3, -0.25) is 0 Å². The van der Waals surface area contributed by atoms with Crippen molar-refractivity contribution in [2.24, 2.45) is 23.7 Å². The summed E-state index contributed by atoms with van der Waals surface area (Å²) in [5.74, 6) is 3.08. The van der Waals surface area contributed by atoms with Gasteiger partial charge in [0, 0.05) is 12.6 Å². The van der Waals surface area contributed by atoms with Crippen LogP contribution in [-0.2, 0) is 10.0 Å². The molecule has 17 heavy (non-hydrogen) atoms. The Morgan fingerprint density at radius 2 is 1.76 bits per heavy atom. The van der Waals surface area contributed by atoms with E-state index in [1.54, 1.807) is 0 Å². The topological polar surface area (TPSA) is 66.4 Å². The molecule has 2 N–H and O–H groups in total. The molecule has 0 aromatic carbocycles. The smallest absolute Gasteiger partial charge is 0.211 e. The molecular formula is C12H21NO3S. The highest BCUT2D eigenvalue weighted by Crippen LogP contribution is 2.65. The van der Waals surface area contributed by atoms with Gasteiger partial charge in [0.1, 0.15) is 0 Å². The quantitative estimate of drug-likeness (QED) is 0.691. The summed E-state index contributed by atoms with van der Waals surface area (Å²) in [6, 6.07) is 0.250. The molecular weight excluding hydrogens is 238 g/mol. The number of fused-ring (bicyclic) bond motifs is 5. The molecule has 5 heteroatoms. The third-order valence-electron chi connectivity index (χ3n) is 4.87. The lowest BCUT2D eigenvalue weighted by atomic mass is 10.0. The first kappa shape index (κ1) is 11.9. The number of hydrogen-bond donors (Lipinski definition) is 2. The van der Waals surface area contributed by atoms with Crippen molar-refractivity contribution in [3.63, 3.8) is 0 Å². The summed E-state index contributed by atoms with van der Waals surface area (Å²) < 4.78 is 26.5. The van der Waals surface area contributed by atoms with Crippen molar-refractivity contribution in [2.45, 2.75) is 38.1 Å². The Hall–Kier alpha value is -0.130. The van der Waals surface area contributed by atoms with Crippen molar-refractivity contribution in [3.05, 3.63) is 0 Å². The van der Waals surface area contributed by atoms with Gasteiger partial charge in [-0.1, -0.05) is 0 Å². The van der Waals surface area contributed by atoms with E-state index in [2.05, 4.69) is 4.72 Å². The van der Waals surface area contributed by atoms with Gasteiger partial charge in [-0.25, -0.2) is 13.1 Å². The largest absolute Gasteiger partial charge is 0.396 e. The van der Waals surface area contributed by atoms with Gasteiger partial charge in [-0.2, -0.15) is 0 Å². The molecule has 4 atom stereocenters. The van der Waals surface area contributed by atoms with Crippen molar-refractivity contribution >= 4 is 10.0 Å². The number of unbranched alkanes of at least 4 members (excludes halogenated alkanes) is 1. The molecule has 0 radical (unpaired) electrons. The molecule has 3 aliphatic carbocycles. The van der Waals surface area contributed by atoms with Crippen LogP contribution in [0.1, 0.15) is 32.1 Å². The molecule has 0 aromatic rings. The highest BCUT2D eigenvalue weighted by atomic mass is 32.2. The SMILES string of the molecule is O=S(=O)(CCCCO)NC1C2C3CCC(C3)C12. The fourth-order valence-electron chi connectivity index (χ4n) is 4.15. The highest BCUT2D eigenvalue weighted by Gasteiger charge is 2.65. The molecule has 0 aliphatic heterocycles. The first-order valence-corrected chi connectivity index (χ1v) is 8.38. The molecule has 0 saturated heterocycles. The Morgan fingerprint density at radius 3 is 2.35 bits per heavy atom. The second-order valence-corrected chi connectivity index (χ2v) is 7.75. The second kappa shape index (κ2) is 4.21. The molecule has 3 aliphatic rings. The molecule has 2 bridgehead atoms. The predicted molar refractivity (Wildman–Crippen MR) is 64.8 cm³/mol. The Labute approximate surface area is 103 Å². The molecule has 4 unspecified atom stereocenters. The first-order chi connectivity index (χ1) is 8.12. The Morgan fingerprint density at radius 1 is 1.12 bits per heavy atom. The normalized spacial score (nSPS) is 42.8. The summed E-state index contributed by atoms with van der Waals surface area (Å²) >= 11 is 0. The van der Waals surface area contributed by atoms with Gasteiger partial charge in [0.15, 0.2) is 0 Å². The average molecular weight is 259 g/mol. The molecule has 3 rings (SSSR count). The zero-order valence-electron chi connectivity index (χ0n) is 10.0. The van der Waals surface area contributed by atoms with E-state index >= 15 is 0 Å². The summed E-state index contributed by atoms with van der Waals surface area (Å²) in [5.41, 5.74) is 0. The third kappa shape index (κ3) is 2.13. The number of hydrogen-bond acceptors (Lipinski definition) is 3. The summed E-state index contributed by atoms with van der Waals surface area (Å²) in [7, 11) is -3.11. The van der Waals surface area contributed by atoms with Gasteiger partial charge in [0.2, 0.25) is 10.0 Å². The van der Waals surface area contributed by atoms with E-state index in [0.717, 1.165) is 11.8 Å². The van der Waals surface area contributed by atoms with Crippen molar-refractivity contribution in [1.29, 1.82) is 0 Å². The monoisotopic (exact) mass is 259 g/mol. The third-order valence-corrected chi connectivity index (χ3v) is 6.33. The Bertz CT molecular complexity index is 379. The van der Waals surface area contributed by atoms with Gasteiger partial charge in [-0.15, -0.1) is 0 Å². The summed E-state index contributed by atoms with van der Waals surface area (Å²) in [4.78, 5) is 0. The molecule has 98 valence electrons. The summed E-state index contributed by atoms with van der Waals surface area (Å²) in [6.45, 7) is 0.0777. The van der Waals surface area contributed by atoms with Crippen LogP contribution in [0.3, 0.4) is 0 Å². The average Bonchev–Trinajstić information content (AvgIpc) is 2.70. The van der Waals surface area contributed by atoms with Crippen LogP contribution < -0.4 is 4.72 Å². The number of nitrogens with one attached hydrogen (secondary N) is 1. The molecule has 0 aromatic heterocycles. The lowest BCUT2D eigenvalue weighted by Gasteiger charge is -2.10. The molecule has 4 nitrogen and oxygen atoms in total. The molecule has 0 spiro atoms. The lowest BCUT2D eigenvalue weighted by molar-refractivity contribution is 0.287. The maximum absolute atomic E-state index is 11.8. The zero-order chi connectivity index (χ0) is 12.0. The van der Waals surface area contributed by atoms with Crippen LogP contribution in [0.2, 0.25) is 0 Å². The van der Waals surface area contributed by atoms with Gasteiger partial charge in [0.05, 0.1) is 5.75 Å². The number of rotatable bonds is 6. The lowest BCUT2D eigenvalue weighted by Crippen LogP contribution is -2.32. The predicted octanol–water partition coefficient (Wildman–Crippen LogP) is 0.723. The molecule has 3 saturated carbocycles. The summed E-state index contributed by atoms with van der Waals surface area (Å²) in [6.07, 6.45) is 5.10. The van der Waals surface area contributed by atoms with Crippen molar-refractivity contribution in [3.8, 4) is 0 Å². The maximum atomic E-state index is 11.8. The molecule has 0 heterocycles. The first-order valence-electron chi connectivity index (χ1n) is 6.73. The Balaban J connectivity index is 1.52. The minimum atomic E-state index is -3.11.